The summed E-state index contributed by atoms with van der Waals surface area (Å²) in [5.41, 5.74) is 5.21. The van der Waals surface area contributed by atoms with E-state index in [1.54, 1.807) is 0 Å². The summed E-state index contributed by atoms with van der Waals surface area (Å²) in [7, 11) is -3.45. The molecule has 0 aliphatic carbocycles. The number of aromatic nitrogens is 2. The summed E-state index contributed by atoms with van der Waals surface area (Å²) in [6.07, 6.45) is 1.46. The van der Waals surface area contributed by atoms with Gasteiger partial charge >= 0.3 is 0 Å². The van der Waals surface area contributed by atoms with E-state index in [2.05, 4.69) is 9.82 Å². The Morgan fingerprint density at radius 3 is 2.80 bits per heavy atom. The fourth-order valence-electron chi connectivity index (χ4n) is 1.05. The molecular formula is C7H15ClN4O2S. The summed E-state index contributed by atoms with van der Waals surface area (Å²) < 4.78 is 27.0. The molecule has 1 aromatic heterocycles. The molecule has 0 unspecified atom stereocenters. The second-order valence-electron chi connectivity index (χ2n) is 2.67. The number of nitrogens with two attached hydrogens (primary N) is 1. The van der Waals surface area contributed by atoms with Crippen LogP contribution in [0.2, 0.25) is 0 Å². The molecule has 88 valence electrons. The molecule has 1 rings (SSSR count). The lowest BCUT2D eigenvalue weighted by Crippen LogP contribution is -2.30. The predicted octanol–water partition coefficient (Wildman–Crippen LogP) is -0.438. The van der Waals surface area contributed by atoms with Gasteiger partial charge in [0, 0.05) is 19.6 Å². The molecule has 0 fully saturated rings. The molecule has 1 heterocycles. The molecule has 0 saturated heterocycles. The Kier molecular flexibility index (Phi) is 5.81. The molecule has 15 heavy (non-hydrogen) atoms. The number of halogens is 1. The first-order valence-electron chi connectivity index (χ1n) is 4.33. The Bertz CT molecular complexity index is 389. The predicted molar refractivity (Wildman–Crippen MR) is 59.4 cm³/mol. The number of nitrogens with zero attached hydrogens (tertiary/aromatic N) is 2. The maximum atomic E-state index is 11.6. The van der Waals surface area contributed by atoms with Crippen LogP contribution >= 0.6 is 12.4 Å². The van der Waals surface area contributed by atoms with Crippen LogP contribution in [0.25, 0.3) is 0 Å². The van der Waals surface area contributed by atoms with Crippen molar-refractivity contribution in [1.29, 1.82) is 0 Å². The minimum Gasteiger partial charge on any atom is -0.329 e. The Hall–Kier alpha value is -0.630. The van der Waals surface area contributed by atoms with E-state index in [1.165, 1.54) is 16.9 Å². The zero-order chi connectivity index (χ0) is 10.6. The quantitative estimate of drug-likeness (QED) is 0.746. The summed E-state index contributed by atoms with van der Waals surface area (Å²) in [6.45, 7) is 2.86. The fourth-order valence-corrected chi connectivity index (χ4v) is 2.28. The third-order valence-electron chi connectivity index (χ3n) is 1.69. The molecule has 0 bridgehead atoms. The van der Waals surface area contributed by atoms with Crippen LogP contribution in [0.15, 0.2) is 17.3 Å². The Morgan fingerprint density at radius 2 is 2.27 bits per heavy atom. The van der Waals surface area contributed by atoms with Crippen molar-refractivity contribution in [3.05, 3.63) is 12.3 Å². The van der Waals surface area contributed by atoms with Crippen LogP contribution in [0.1, 0.15) is 6.92 Å². The van der Waals surface area contributed by atoms with Gasteiger partial charge < -0.3 is 5.73 Å². The standard InChI is InChI=1S/C7H14N4O2S.ClH/c1-2-11-7(3-5-9-11)14(12,13)10-6-4-8;/h3,5,10H,2,4,6,8H2,1H3;1H. The number of hydrogen-bond acceptors (Lipinski definition) is 4. The van der Waals surface area contributed by atoms with Crippen molar-refractivity contribution in [3.8, 4) is 0 Å². The average Bonchev–Trinajstić information content (AvgIpc) is 2.63. The molecular weight excluding hydrogens is 240 g/mol. The first kappa shape index (κ1) is 14.4. The molecule has 0 radical (unpaired) electrons. The van der Waals surface area contributed by atoms with E-state index in [9.17, 15) is 8.42 Å². The second kappa shape index (κ2) is 6.06. The van der Waals surface area contributed by atoms with Crippen molar-refractivity contribution < 1.29 is 8.42 Å². The van der Waals surface area contributed by atoms with Gasteiger partial charge in [-0.1, -0.05) is 0 Å². The van der Waals surface area contributed by atoms with Gasteiger partial charge in [0.05, 0.1) is 6.20 Å². The van der Waals surface area contributed by atoms with Gasteiger partial charge in [0.2, 0.25) is 0 Å². The maximum Gasteiger partial charge on any atom is 0.257 e. The van der Waals surface area contributed by atoms with Gasteiger partial charge in [0.15, 0.2) is 5.03 Å². The average molecular weight is 255 g/mol. The monoisotopic (exact) mass is 254 g/mol. The van der Waals surface area contributed by atoms with Crippen LogP contribution in [0.3, 0.4) is 0 Å². The van der Waals surface area contributed by atoms with Crippen molar-refractivity contribution in [2.75, 3.05) is 13.1 Å². The van der Waals surface area contributed by atoms with Gasteiger partial charge in [-0.2, -0.15) is 5.10 Å². The van der Waals surface area contributed by atoms with Crippen LogP contribution in [-0.4, -0.2) is 31.3 Å². The summed E-state index contributed by atoms with van der Waals surface area (Å²) >= 11 is 0. The number of nitrogens with one attached hydrogen (secondary N) is 1. The first-order chi connectivity index (χ1) is 6.61. The summed E-state index contributed by atoms with van der Waals surface area (Å²) in [4.78, 5) is 0. The van der Waals surface area contributed by atoms with Gasteiger partial charge in [-0.15, -0.1) is 12.4 Å². The highest BCUT2D eigenvalue weighted by Crippen LogP contribution is 2.06. The van der Waals surface area contributed by atoms with Crippen molar-refractivity contribution in [2.45, 2.75) is 18.5 Å². The highest BCUT2D eigenvalue weighted by molar-refractivity contribution is 7.89. The summed E-state index contributed by atoms with van der Waals surface area (Å²) in [6, 6.07) is 1.46. The van der Waals surface area contributed by atoms with Crippen molar-refractivity contribution in [2.24, 2.45) is 5.73 Å². The molecule has 0 amide bonds. The maximum absolute atomic E-state index is 11.6. The lowest BCUT2D eigenvalue weighted by Gasteiger charge is -2.06. The van der Waals surface area contributed by atoms with E-state index >= 15 is 0 Å². The van der Waals surface area contributed by atoms with E-state index in [4.69, 9.17) is 5.73 Å². The van der Waals surface area contributed by atoms with E-state index in [1.807, 2.05) is 6.92 Å². The molecule has 0 spiro atoms. The number of hydrogen-bond donors (Lipinski definition) is 2. The highest BCUT2D eigenvalue weighted by Gasteiger charge is 2.17. The smallest absolute Gasteiger partial charge is 0.257 e. The van der Waals surface area contributed by atoms with E-state index < -0.39 is 10.0 Å². The van der Waals surface area contributed by atoms with Gasteiger partial charge in [0.1, 0.15) is 0 Å². The van der Waals surface area contributed by atoms with Gasteiger partial charge in [-0.25, -0.2) is 13.1 Å². The van der Waals surface area contributed by atoms with E-state index in [-0.39, 0.29) is 30.5 Å². The number of aryl methyl sites for hydroxylation is 1. The van der Waals surface area contributed by atoms with E-state index in [0.717, 1.165) is 0 Å². The van der Waals surface area contributed by atoms with Gasteiger partial charge in [0.25, 0.3) is 10.0 Å². The minimum absolute atomic E-state index is 0. The second-order valence-corrected chi connectivity index (χ2v) is 4.39. The third-order valence-corrected chi connectivity index (χ3v) is 3.17. The largest absolute Gasteiger partial charge is 0.329 e. The van der Waals surface area contributed by atoms with Gasteiger partial charge in [-0.3, -0.25) is 4.68 Å². The Morgan fingerprint density at radius 1 is 1.60 bits per heavy atom. The fraction of sp³-hybridized carbons (Fsp3) is 0.571. The molecule has 0 aliphatic heterocycles. The Balaban J connectivity index is 0.00000196. The molecule has 0 aromatic carbocycles. The normalized spacial score (nSPS) is 11.1. The third kappa shape index (κ3) is 3.45. The SMILES string of the molecule is CCn1nccc1S(=O)(=O)NCCN.Cl. The molecule has 0 saturated carbocycles. The van der Waals surface area contributed by atoms with Crippen LogP contribution in [-0.2, 0) is 16.6 Å². The minimum atomic E-state index is -3.45. The molecule has 8 heteroatoms. The van der Waals surface area contributed by atoms with Crippen molar-refractivity contribution >= 4 is 22.4 Å². The summed E-state index contributed by atoms with van der Waals surface area (Å²) in [5.74, 6) is 0. The molecule has 6 nitrogen and oxygen atoms in total. The molecule has 0 atom stereocenters. The van der Waals surface area contributed by atoms with Gasteiger partial charge in [-0.05, 0) is 13.0 Å². The van der Waals surface area contributed by atoms with E-state index in [0.29, 0.717) is 6.54 Å². The zero-order valence-corrected chi connectivity index (χ0v) is 10.0. The molecule has 1 aromatic rings. The van der Waals surface area contributed by atoms with Crippen LogP contribution < -0.4 is 10.5 Å². The lowest BCUT2D eigenvalue weighted by molar-refractivity contribution is 0.544. The zero-order valence-electron chi connectivity index (χ0n) is 8.38. The van der Waals surface area contributed by atoms with Crippen LogP contribution in [0.5, 0.6) is 0 Å². The first-order valence-corrected chi connectivity index (χ1v) is 5.81. The number of sulfonamides is 1. The Labute approximate surface area is 95.3 Å². The number of rotatable bonds is 5. The van der Waals surface area contributed by atoms with Crippen molar-refractivity contribution in [3.63, 3.8) is 0 Å². The lowest BCUT2D eigenvalue weighted by atomic mass is 10.7. The highest BCUT2D eigenvalue weighted by atomic mass is 35.5. The van der Waals surface area contributed by atoms with Crippen LogP contribution in [0, 0.1) is 0 Å². The molecule has 0 aliphatic rings. The summed E-state index contributed by atoms with van der Waals surface area (Å²) in [5, 5.41) is 4.05. The van der Waals surface area contributed by atoms with Crippen molar-refractivity contribution in [1.82, 2.24) is 14.5 Å². The topological polar surface area (TPSA) is 90.0 Å². The molecule has 3 N–H and O–H groups in total. The van der Waals surface area contributed by atoms with Crippen LogP contribution in [0.4, 0.5) is 0 Å².